The fraction of sp³-hybridized carbons (Fsp3) is 0.0526. The number of hydrogen-bond donors (Lipinski definition) is 1. The van der Waals surface area contributed by atoms with E-state index in [-0.39, 0.29) is 5.78 Å². The number of hydrogen-bond acceptors (Lipinski definition) is 3. The van der Waals surface area contributed by atoms with Gasteiger partial charge in [-0.1, -0.05) is 36.4 Å². The summed E-state index contributed by atoms with van der Waals surface area (Å²) in [6, 6.07) is 14.4. The minimum atomic E-state index is -1.06. The van der Waals surface area contributed by atoms with Crippen molar-refractivity contribution in [2.75, 3.05) is 7.11 Å². The van der Waals surface area contributed by atoms with Gasteiger partial charge in [-0.2, -0.15) is 0 Å². The van der Waals surface area contributed by atoms with E-state index in [1.165, 1.54) is 19.3 Å². The van der Waals surface area contributed by atoms with E-state index in [2.05, 4.69) is 0 Å². The van der Waals surface area contributed by atoms with E-state index in [1.54, 1.807) is 24.3 Å². The lowest BCUT2D eigenvalue weighted by molar-refractivity contribution is -0.131. The van der Waals surface area contributed by atoms with Gasteiger partial charge < -0.3 is 9.84 Å². The van der Waals surface area contributed by atoms with Crippen LogP contribution in [-0.4, -0.2) is 24.0 Å². The van der Waals surface area contributed by atoms with E-state index in [1.807, 2.05) is 30.3 Å². The third-order valence-corrected chi connectivity index (χ3v) is 3.15. The number of benzene rings is 2. The Morgan fingerprint density at radius 2 is 1.74 bits per heavy atom. The van der Waals surface area contributed by atoms with Crippen molar-refractivity contribution < 1.29 is 19.4 Å². The van der Waals surface area contributed by atoms with Gasteiger partial charge in [-0.3, -0.25) is 4.79 Å². The van der Waals surface area contributed by atoms with Crippen molar-refractivity contribution in [3.63, 3.8) is 0 Å². The predicted octanol–water partition coefficient (Wildman–Crippen LogP) is 3.69. The number of carbonyl (C=O) groups excluding carboxylic acids is 1. The lowest BCUT2D eigenvalue weighted by atomic mass is 10.0. The number of ketones is 1. The molecule has 0 amide bonds. The molecule has 4 nitrogen and oxygen atoms in total. The second-order valence-corrected chi connectivity index (χ2v) is 4.74. The van der Waals surface area contributed by atoms with Crippen molar-refractivity contribution in [2.24, 2.45) is 0 Å². The fourth-order valence-corrected chi connectivity index (χ4v) is 2.01. The number of allylic oxidation sites excluding steroid dienone is 1. The Morgan fingerprint density at radius 3 is 2.39 bits per heavy atom. The third-order valence-electron chi connectivity index (χ3n) is 3.15. The highest BCUT2D eigenvalue weighted by molar-refractivity contribution is 6.07. The van der Waals surface area contributed by atoms with Gasteiger partial charge >= 0.3 is 5.97 Å². The Morgan fingerprint density at radius 1 is 1.00 bits per heavy atom. The van der Waals surface area contributed by atoms with Gasteiger partial charge in [-0.25, -0.2) is 4.79 Å². The molecule has 4 heteroatoms. The summed E-state index contributed by atoms with van der Waals surface area (Å²) in [6.45, 7) is 0. The quantitative estimate of drug-likeness (QED) is 0.653. The van der Waals surface area contributed by atoms with Crippen LogP contribution in [0.1, 0.15) is 21.5 Å². The molecule has 2 rings (SSSR count). The molecule has 0 atom stereocenters. The summed E-state index contributed by atoms with van der Waals surface area (Å²) in [5.74, 6) is -0.722. The summed E-state index contributed by atoms with van der Waals surface area (Å²) in [7, 11) is 1.49. The lowest BCUT2D eigenvalue weighted by Crippen LogP contribution is -1.97. The number of aliphatic carboxylic acids is 1. The van der Waals surface area contributed by atoms with Crippen LogP contribution in [0.4, 0.5) is 0 Å². The van der Waals surface area contributed by atoms with Gasteiger partial charge in [0, 0.05) is 17.2 Å². The number of carbonyl (C=O) groups is 2. The maximum atomic E-state index is 12.2. The number of carboxylic acids is 1. The Labute approximate surface area is 134 Å². The fourth-order valence-electron chi connectivity index (χ4n) is 2.01. The Bertz CT molecular complexity index is 758. The Kier molecular flexibility index (Phi) is 5.47. The standard InChI is InChI=1S/C19H16O4/c1-23-18-11-8-15(13-16(18)9-12-19(21)22)17(20)10-7-14-5-3-2-4-6-14/h2-13H,1H3,(H,21,22)/b10-7+,12-9+. The zero-order chi connectivity index (χ0) is 16.7. The molecule has 0 fully saturated rings. The maximum Gasteiger partial charge on any atom is 0.328 e. The summed E-state index contributed by atoms with van der Waals surface area (Å²) in [5.41, 5.74) is 1.93. The van der Waals surface area contributed by atoms with Crippen molar-refractivity contribution >= 4 is 23.9 Å². The number of rotatable bonds is 6. The van der Waals surface area contributed by atoms with Crippen molar-refractivity contribution in [1.82, 2.24) is 0 Å². The van der Waals surface area contributed by atoms with Crippen LogP contribution in [0.5, 0.6) is 5.75 Å². The smallest absolute Gasteiger partial charge is 0.328 e. The van der Waals surface area contributed by atoms with E-state index in [4.69, 9.17) is 9.84 Å². The SMILES string of the molecule is COc1ccc(C(=O)/C=C/c2ccccc2)cc1/C=C/C(=O)O. The second-order valence-electron chi connectivity index (χ2n) is 4.74. The van der Waals surface area contributed by atoms with E-state index >= 15 is 0 Å². The molecular formula is C19H16O4. The topological polar surface area (TPSA) is 63.6 Å². The minimum Gasteiger partial charge on any atom is -0.496 e. The van der Waals surface area contributed by atoms with Crippen LogP contribution in [0.2, 0.25) is 0 Å². The highest BCUT2D eigenvalue weighted by Gasteiger charge is 2.07. The molecular weight excluding hydrogens is 292 g/mol. The first-order chi connectivity index (χ1) is 11.1. The van der Waals surface area contributed by atoms with Crippen LogP contribution >= 0.6 is 0 Å². The third kappa shape index (κ3) is 4.68. The van der Waals surface area contributed by atoms with E-state index in [0.29, 0.717) is 16.9 Å². The molecule has 2 aromatic carbocycles. The average Bonchev–Trinajstić information content (AvgIpc) is 2.58. The highest BCUT2D eigenvalue weighted by atomic mass is 16.5. The van der Waals surface area contributed by atoms with Crippen LogP contribution in [0.15, 0.2) is 60.7 Å². The van der Waals surface area contributed by atoms with Crippen LogP contribution in [0.25, 0.3) is 12.2 Å². The largest absolute Gasteiger partial charge is 0.496 e. The molecule has 0 saturated carbocycles. The molecule has 116 valence electrons. The normalized spacial score (nSPS) is 11.0. The molecule has 0 radical (unpaired) electrons. The van der Waals surface area contributed by atoms with Gasteiger partial charge in [0.2, 0.25) is 0 Å². The average molecular weight is 308 g/mol. The molecule has 23 heavy (non-hydrogen) atoms. The summed E-state index contributed by atoms with van der Waals surface area (Å²) in [6.07, 6.45) is 5.63. The molecule has 0 heterocycles. The summed E-state index contributed by atoms with van der Waals surface area (Å²) < 4.78 is 5.17. The molecule has 0 saturated heterocycles. The van der Waals surface area contributed by atoms with Crippen molar-refractivity contribution in [3.05, 3.63) is 77.4 Å². The molecule has 0 aliphatic heterocycles. The van der Waals surface area contributed by atoms with Crippen molar-refractivity contribution in [2.45, 2.75) is 0 Å². The predicted molar refractivity (Wildman–Crippen MR) is 89.5 cm³/mol. The van der Waals surface area contributed by atoms with Gasteiger partial charge in [0.05, 0.1) is 7.11 Å². The van der Waals surface area contributed by atoms with Crippen LogP contribution in [0, 0.1) is 0 Å². The molecule has 0 bridgehead atoms. The van der Waals surface area contributed by atoms with Gasteiger partial charge in [-0.05, 0) is 35.9 Å². The van der Waals surface area contributed by atoms with Crippen molar-refractivity contribution in [1.29, 1.82) is 0 Å². The first-order valence-corrected chi connectivity index (χ1v) is 6.96. The van der Waals surface area contributed by atoms with Gasteiger partial charge in [0.25, 0.3) is 0 Å². The van der Waals surface area contributed by atoms with Crippen molar-refractivity contribution in [3.8, 4) is 5.75 Å². The van der Waals surface area contributed by atoms with Crippen LogP contribution in [0.3, 0.4) is 0 Å². The first kappa shape index (κ1) is 16.2. The summed E-state index contributed by atoms with van der Waals surface area (Å²) in [5, 5.41) is 8.72. The van der Waals surface area contributed by atoms with E-state index in [9.17, 15) is 9.59 Å². The number of methoxy groups -OCH3 is 1. The molecule has 1 N–H and O–H groups in total. The zero-order valence-corrected chi connectivity index (χ0v) is 12.6. The van der Waals surface area contributed by atoms with Crippen LogP contribution in [-0.2, 0) is 4.79 Å². The molecule has 0 aromatic heterocycles. The molecule has 0 aliphatic carbocycles. The molecule has 0 spiro atoms. The minimum absolute atomic E-state index is 0.165. The molecule has 2 aromatic rings. The Balaban J connectivity index is 2.25. The first-order valence-electron chi connectivity index (χ1n) is 6.96. The summed E-state index contributed by atoms with van der Waals surface area (Å²) in [4.78, 5) is 22.9. The van der Waals surface area contributed by atoms with Crippen LogP contribution < -0.4 is 4.74 Å². The van der Waals surface area contributed by atoms with E-state index < -0.39 is 5.97 Å². The van der Waals surface area contributed by atoms with Gasteiger partial charge in [0.1, 0.15) is 5.75 Å². The monoisotopic (exact) mass is 308 g/mol. The second kappa shape index (κ2) is 7.75. The van der Waals surface area contributed by atoms with Gasteiger partial charge in [0.15, 0.2) is 5.78 Å². The molecule has 0 aliphatic rings. The number of carboxylic acid groups (broad SMARTS) is 1. The lowest BCUT2D eigenvalue weighted by Gasteiger charge is -2.06. The zero-order valence-electron chi connectivity index (χ0n) is 12.6. The number of ether oxygens (including phenoxy) is 1. The summed E-state index contributed by atoms with van der Waals surface area (Å²) >= 11 is 0. The van der Waals surface area contributed by atoms with Gasteiger partial charge in [-0.15, -0.1) is 0 Å². The van der Waals surface area contributed by atoms with E-state index in [0.717, 1.165) is 11.6 Å². The molecule has 0 unspecified atom stereocenters. The highest BCUT2D eigenvalue weighted by Crippen LogP contribution is 2.22. The Hall–Kier alpha value is -3.14. The maximum absolute atomic E-state index is 12.2.